The van der Waals surface area contributed by atoms with Crippen LogP contribution < -0.4 is 11.2 Å². The zero-order valence-corrected chi connectivity index (χ0v) is 14.6. The zero-order chi connectivity index (χ0) is 19.0. The molecule has 7 nitrogen and oxygen atoms in total. The molecule has 0 aliphatic carbocycles. The number of ether oxygens (including phenoxy) is 1. The average Bonchev–Trinajstić information content (AvgIpc) is 2.71. The van der Waals surface area contributed by atoms with Gasteiger partial charge in [-0.1, -0.05) is 24.3 Å². The van der Waals surface area contributed by atoms with Crippen molar-refractivity contribution in [3.05, 3.63) is 58.8 Å². The minimum Gasteiger partial charge on any atom is -0.367 e. The van der Waals surface area contributed by atoms with Crippen molar-refractivity contribution in [2.24, 2.45) is 5.73 Å². The summed E-state index contributed by atoms with van der Waals surface area (Å²) >= 11 is 0. The molecule has 1 aliphatic heterocycles. The standard InChI is InChI=1S/C20H19N3O4/c21-20(26)17-11-22(9-10-27-17)18(24)12-23-15-7-3-1-5-13(15)19(25)14-6-2-4-8-16(14)23/h1-8,17H,9-12H2,(H2,21,26). The van der Waals surface area contributed by atoms with Crippen molar-refractivity contribution in [2.45, 2.75) is 12.6 Å². The van der Waals surface area contributed by atoms with Crippen molar-refractivity contribution in [2.75, 3.05) is 19.7 Å². The minimum absolute atomic E-state index is 0.0509. The molecule has 0 radical (unpaired) electrons. The van der Waals surface area contributed by atoms with Gasteiger partial charge in [-0.2, -0.15) is 0 Å². The molecular formula is C20H19N3O4. The number of carbonyl (C=O) groups is 2. The van der Waals surface area contributed by atoms with Gasteiger partial charge in [0.1, 0.15) is 6.54 Å². The number of primary amides is 1. The van der Waals surface area contributed by atoms with Crippen LogP contribution in [0.25, 0.3) is 21.8 Å². The summed E-state index contributed by atoms with van der Waals surface area (Å²) in [6.45, 7) is 0.876. The maximum absolute atomic E-state index is 12.9. The SMILES string of the molecule is NC(=O)C1CN(C(=O)Cn2c3ccccc3c(=O)c3ccccc32)CCO1. The van der Waals surface area contributed by atoms with Gasteiger partial charge in [-0.3, -0.25) is 14.4 Å². The second-order valence-electron chi connectivity index (χ2n) is 6.55. The lowest BCUT2D eigenvalue weighted by atomic mass is 10.1. The molecule has 3 aromatic rings. The molecule has 0 spiro atoms. The van der Waals surface area contributed by atoms with E-state index in [-0.39, 0.29) is 31.0 Å². The molecule has 2 aromatic carbocycles. The Kier molecular flexibility index (Phi) is 4.37. The van der Waals surface area contributed by atoms with E-state index in [0.29, 0.717) is 28.4 Å². The number of benzene rings is 2. The van der Waals surface area contributed by atoms with Crippen LogP contribution in [0.5, 0.6) is 0 Å². The van der Waals surface area contributed by atoms with Gasteiger partial charge in [0, 0.05) is 17.3 Å². The van der Waals surface area contributed by atoms with E-state index in [0.717, 1.165) is 0 Å². The van der Waals surface area contributed by atoms with E-state index in [1.54, 1.807) is 17.0 Å². The molecule has 1 aliphatic rings. The fourth-order valence-corrected chi connectivity index (χ4v) is 3.53. The molecule has 1 saturated heterocycles. The van der Waals surface area contributed by atoms with Crippen molar-refractivity contribution < 1.29 is 14.3 Å². The number of hydrogen-bond donors (Lipinski definition) is 1. The highest BCUT2D eigenvalue weighted by Gasteiger charge is 2.28. The summed E-state index contributed by atoms with van der Waals surface area (Å²) < 4.78 is 7.16. The molecule has 2 amide bonds. The van der Waals surface area contributed by atoms with Crippen LogP contribution >= 0.6 is 0 Å². The molecule has 2 N–H and O–H groups in total. The normalized spacial score (nSPS) is 17.3. The van der Waals surface area contributed by atoms with E-state index in [2.05, 4.69) is 0 Å². The van der Waals surface area contributed by atoms with E-state index in [1.165, 1.54) is 0 Å². The van der Waals surface area contributed by atoms with Crippen LogP contribution in [0.15, 0.2) is 53.3 Å². The third-order valence-electron chi connectivity index (χ3n) is 4.91. The molecule has 1 aromatic heterocycles. The van der Waals surface area contributed by atoms with Crippen molar-refractivity contribution in [1.29, 1.82) is 0 Å². The topological polar surface area (TPSA) is 94.6 Å². The van der Waals surface area contributed by atoms with Gasteiger partial charge in [-0.15, -0.1) is 0 Å². The van der Waals surface area contributed by atoms with Gasteiger partial charge in [0.2, 0.25) is 11.8 Å². The number of morpholine rings is 1. The second kappa shape index (κ2) is 6.85. The lowest BCUT2D eigenvalue weighted by Gasteiger charge is -2.32. The summed E-state index contributed by atoms with van der Waals surface area (Å²) in [5.74, 6) is -0.727. The van der Waals surface area contributed by atoms with Crippen molar-refractivity contribution >= 4 is 33.6 Å². The number of hydrogen-bond acceptors (Lipinski definition) is 4. The van der Waals surface area contributed by atoms with E-state index < -0.39 is 12.0 Å². The Hall–Kier alpha value is -3.19. The maximum Gasteiger partial charge on any atom is 0.248 e. The van der Waals surface area contributed by atoms with E-state index in [9.17, 15) is 14.4 Å². The van der Waals surface area contributed by atoms with Crippen molar-refractivity contribution in [3.8, 4) is 0 Å². The first-order valence-electron chi connectivity index (χ1n) is 8.75. The third-order valence-corrected chi connectivity index (χ3v) is 4.91. The lowest BCUT2D eigenvalue weighted by Crippen LogP contribution is -2.51. The minimum atomic E-state index is -0.787. The van der Waals surface area contributed by atoms with Gasteiger partial charge in [0.05, 0.1) is 24.2 Å². The van der Waals surface area contributed by atoms with E-state index in [4.69, 9.17) is 10.5 Å². The number of nitrogens with zero attached hydrogens (tertiary/aromatic N) is 2. The first kappa shape index (κ1) is 17.2. The summed E-state index contributed by atoms with van der Waals surface area (Å²) in [4.78, 5) is 38.7. The van der Waals surface area contributed by atoms with Crippen molar-refractivity contribution in [3.63, 3.8) is 0 Å². The molecule has 138 valence electrons. The molecule has 1 atom stereocenters. The average molecular weight is 365 g/mol. The quantitative estimate of drug-likeness (QED) is 0.697. The zero-order valence-electron chi connectivity index (χ0n) is 14.6. The molecule has 7 heteroatoms. The molecule has 1 fully saturated rings. The fourth-order valence-electron chi connectivity index (χ4n) is 3.53. The first-order chi connectivity index (χ1) is 13.1. The Morgan fingerprint density at radius 2 is 1.63 bits per heavy atom. The molecule has 2 heterocycles. The van der Waals surface area contributed by atoms with E-state index in [1.807, 2.05) is 41.0 Å². The number of para-hydroxylation sites is 2. The number of aromatic nitrogens is 1. The Balaban J connectivity index is 1.77. The molecular weight excluding hydrogens is 346 g/mol. The smallest absolute Gasteiger partial charge is 0.248 e. The van der Waals surface area contributed by atoms with Crippen LogP contribution in [0.4, 0.5) is 0 Å². The van der Waals surface area contributed by atoms with Gasteiger partial charge >= 0.3 is 0 Å². The monoisotopic (exact) mass is 365 g/mol. The molecule has 0 saturated carbocycles. The number of pyridine rings is 1. The van der Waals surface area contributed by atoms with Gasteiger partial charge in [-0.05, 0) is 24.3 Å². The Labute approximate surface area is 154 Å². The van der Waals surface area contributed by atoms with Crippen LogP contribution in [0.2, 0.25) is 0 Å². The van der Waals surface area contributed by atoms with Crippen molar-refractivity contribution in [1.82, 2.24) is 9.47 Å². The summed E-state index contributed by atoms with van der Waals surface area (Å²) in [6, 6.07) is 14.5. The first-order valence-corrected chi connectivity index (χ1v) is 8.75. The van der Waals surface area contributed by atoms with Gasteiger partial charge < -0.3 is 19.9 Å². The van der Waals surface area contributed by atoms with Gasteiger partial charge in [0.15, 0.2) is 11.5 Å². The molecule has 0 bridgehead atoms. The Morgan fingerprint density at radius 3 is 2.22 bits per heavy atom. The van der Waals surface area contributed by atoms with Crippen LogP contribution in [0.3, 0.4) is 0 Å². The van der Waals surface area contributed by atoms with Crippen LogP contribution in [-0.4, -0.2) is 47.1 Å². The Bertz CT molecular complexity index is 1050. The highest BCUT2D eigenvalue weighted by Crippen LogP contribution is 2.19. The van der Waals surface area contributed by atoms with E-state index >= 15 is 0 Å². The van der Waals surface area contributed by atoms with Gasteiger partial charge in [0.25, 0.3) is 0 Å². The highest BCUT2D eigenvalue weighted by atomic mass is 16.5. The van der Waals surface area contributed by atoms with Gasteiger partial charge in [-0.25, -0.2) is 0 Å². The molecule has 27 heavy (non-hydrogen) atoms. The predicted octanol–water partition coefficient (Wildman–Crippen LogP) is 0.867. The number of nitrogens with two attached hydrogens (primary N) is 1. The summed E-state index contributed by atoms with van der Waals surface area (Å²) in [7, 11) is 0. The van der Waals surface area contributed by atoms with Crippen LogP contribution in [0, 0.1) is 0 Å². The second-order valence-corrected chi connectivity index (χ2v) is 6.55. The Morgan fingerprint density at radius 1 is 1.04 bits per heavy atom. The fraction of sp³-hybridized carbons (Fsp3) is 0.250. The molecule has 4 rings (SSSR count). The maximum atomic E-state index is 12.9. The number of carbonyl (C=O) groups excluding carboxylic acids is 2. The predicted molar refractivity (Wildman–Crippen MR) is 101 cm³/mol. The number of rotatable bonds is 3. The molecule has 1 unspecified atom stereocenters. The van der Waals surface area contributed by atoms with Crippen LogP contribution in [0.1, 0.15) is 0 Å². The summed E-state index contributed by atoms with van der Waals surface area (Å²) in [6.07, 6.45) is -0.787. The summed E-state index contributed by atoms with van der Waals surface area (Å²) in [5, 5.41) is 1.14. The third kappa shape index (κ3) is 3.06. The highest BCUT2D eigenvalue weighted by molar-refractivity contribution is 5.95. The number of fused-ring (bicyclic) bond motifs is 2. The number of amides is 2. The summed E-state index contributed by atoms with van der Waals surface area (Å²) in [5.41, 5.74) is 6.66. The lowest BCUT2D eigenvalue weighted by molar-refractivity contribution is -0.145. The largest absolute Gasteiger partial charge is 0.367 e. The van der Waals surface area contributed by atoms with Crippen LogP contribution in [-0.2, 0) is 20.9 Å².